The van der Waals surface area contributed by atoms with E-state index in [9.17, 15) is 5.11 Å². The predicted molar refractivity (Wildman–Crippen MR) is 79.6 cm³/mol. The minimum atomic E-state index is 0.394. The molecule has 0 radical (unpaired) electrons. The molecule has 0 saturated carbocycles. The first-order chi connectivity index (χ1) is 9.84. The summed E-state index contributed by atoms with van der Waals surface area (Å²) in [5.41, 5.74) is 2.93. The van der Waals surface area contributed by atoms with E-state index in [1.54, 1.807) is 0 Å². The number of nitrogens with zero attached hydrogens (tertiary/aromatic N) is 1. The number of para-hydroxylation sites is 1. The quantitative estimate of drug-likeness (QED) is 0.930. The van der Waals surface area contributed by atoms with E-state index in [0.29, 0.717) is 5.75 Å². The van der Waals surface area contributed by atoms with Crippen LogP contribution in [0.1, 0.15) is 5.56 Å². The third kappa shape index (κ3) is 2.84. The highest BCUT2D eigenvalue weighted by molar-refractivity contribution is 5.71. The van der Waals surface area contributed by atoms with Crippen molar-refractivity contribution in [2.75, 3.05) is 26.3 Å². The first kappa shape index (κ1) is 13.2. The SMILES string of the molecule is Oc1c(CN2CCOCC2)cccc1-c1ccccc1. The van der Waals surface area contributed by atoms with Gasteiger partial charge in [0.05, 0.1) is 13.2 Å². The Morgan fingerprint density at radius 3 is 2.45 bits per heavy atom. The van der Waals surface area contributed by atoms with E-state index in [1.165, 1.54) is 0 Å². The second-order valence-electron chi connectivity index (χ2n) is 5.07. The lowest BCUT2D eigenvalue weighted by Crippen LogP contribution is -2.35. The van der Waals surface area contributed by atoms with Crippen LogP contribution < -0.4 is 0 Å². The Bertz CT molecular complexity index is 562. The molecule has 0 spiro atoms. The molecule has 0 aromatic heterocycles. The topological polar surface area (TPSA) is 32.7 Å². The Kier molecular flexibility index (Phi) is 4.00. The van der Waals surface area contributed by atoms with Gasteiger partial charge in [-0.05, 0) is 5.56 Å². The van der Waals surface area contributed by atoms with E-state index in [0.717, 1.165) is 49.5 Å². The lowest BCUT2D eigenvalue weighted by Gasteiger charge is -2.27. The molecule has 1 aliphatic rings. The summed E-state index contributed by atoms with van der Waals surface area (Å²) >= 11 is 0. The Labute approximate surface area is 119 Å². The standard InChI is InChI=1S/C17H19NO2/c19-17-15(13-18-9-11-20-12-10-18)7-4-8-16(17)14-5-2-1-3-6-14/h1-8,19H,9-13H2. The van der Waals surface area contributed by atoms with Crippen LogP contribution in [0.15, 0.2) is 48.5 Å². The summed E-state index contributed by atoms with van der Waals surface area (Å²) in [6.45, 7) is 4.18. The molecule has 3 rings (SSSR count). The van der Waals surface area contributed by atoms with Gasteiger partial charge in [0.2, 0.25) is 0 Å². The fourth-order valence-corrected chi connectivity index (χ4v) is 2.57. The summed E-state index contributed by atoms with van der Waals surface area (Å²) in [6.07, 6.45) is 0. The Morgan fingerprint density at radius 2 is 1.70 bits per heavy atom. The molecule has 2 aromatic rings. The third-order valence-corrected chi connectivity index (χ3v) is 3.70. The number of morpholine rings is 1. The number of ether oxygens (including phenoxy) is 1. The van der Waals surface area contributed by atoms with Crippen LogP contribution in [0.2, 0.25) is 0 Å². The summed E-state index contributed by atoms with van der Waals surface area (Å²) in [5.74, 6) is 0.394. The van der Waals surface area contributed by atoms with Gasteiger partial charge in [0, 0.05) is 30.8 Å². The molecule has 104 valence electrons. The van der Waals surface area contributed by atoms with Crippen LogP contribution in [0.4, 0.5) is 0 Å². The van der Waals surface area contributed by atoms with Crippen molar-refractivity contribution in [2.45, 2.75) is 6.54 Å². The average Bonchev–Trinajstić information content (AvgIpc) is 2.51. The molecule has 3 heteroatoms. The van der Waals surface area contributed by atoms with Gasteiger partial charge in [-0.3, -0.25) is 4.90 Å². The number of phenolic OH excluding ortho intramolecular Hbond substituents is 1. The van der Waals surface area contributed by atoms with Crippen molar-refractivity contribution in [2.24, 2.45) is 0 Å². The minimum absolute atomic E-state index is 0.394. The van der Waals surface area contributed by atoms with E-state index >= 15 is 0 Å². The highest BCUT2D eigenvalue weighted by atomic mass is 16.5. The molecule has 0 unspecified atom stereocenters. The summed E-state index contributed by atoms with van der Waals surface area (Å²) in [4.78, 5) is 2.31. The van der Waals surface area contributed by atoms with Crippen LogP contribution in [-0.2, 0) is 11.3 Å². The van der Waals surface area contributed by atoms with Gasteiger partial charge in [-0.1, -0.05) is 48.5 Å². The molecule has 1 N–H and O–H groups in total. The maximum atomic E-state index is 10.5. The van der Waals surface area contributed by atoms with Gasteiger partial charge in [0.15, 0.2) is 0 Å². The zero-order chi connectivity index (χ0) is 13.8. The number of phenols is 1. The number of rotatable bonds is 3. The normalized spacial score (nSPS) is 16.2. The van der Waals surface area contributed by atoms with Crippen molar-refractivity contribution >= 4 is 0 Å². The van der Waals surface area contributed by atoms with E-state index in [4.69, 9.17) is 4.74 Å². The summed E-state index contributed by atoms with van der Waals surface area (Å²) in [6, 6.07) is 16.0. The maximum Gasteiger partial charge on any atom is 0.127 e. The molecule has 20 heavy (non-hydrogen) atoms. The second-order valence-corrected chi connectivity index (χ2v) is 5.07. The van der Waals surface area contributed by atoms with Gasteiger partial charge >= 0.3 is 0 Å². The monoisotopic (exact) mass is 269 g/mol. The van der Waals surface area contributed by atoms with Crippen LogP contribution in [0.25, 0.3) is 11.1 Å². The van der Waals surface area contributed by atoms with Crippen LogP contribution >= 0.6 is 0 Å². The highest BCUT2D eigenvalue weighted by Gasteiger charge is 2.14. The Morgan fingerprint density at radius 1 is 0.950 bits per heavy atom. The van der Waals surface area contributed by atoms with Gasteiger partial charge in [0.1, 0.15) is 5.75 Å². The molecule has 1 aliphatic heterocycles. The molecular weight excluding hydrogens is 250 g/mol. The van der Waals surface area contributed by atoms with Crippen LogP contribution in [-0.4, -0.2) is 36.3 Å². The molecule has 1 fully saturated rings. The maximum absolute atomic E-state index is 10.5. The van der Waals surface area contributed by atoms with Crippen molar-refractivity contribution in [1.82, 2.24) is 4.90 Å². The van der Waals surface area contributed by atoms with Crippen molar-refractivity contribution in [1.29, 1.82) is 0 Å². The van der Waals surface area contributed by atoms with Crippen LogP contribution in [0, 0.1) is 0 Å². The molecule has 3 nitrogen and oxygen atoms in total. The molecular formula is C17H19NO2. The van der Waals surface area contributed by atoms with Gasteiger partial charge in [0.25, 0.3) is 0 Å². The second kappa shape index (κ2) is 6.07. The van der Waals surface area contributed by atoms with Gasteiger partial charge < -0.3 is 9.84 Å². The number of hydrogen-bond donors (Lipinski definition) is 1. The van der Waals surface area contributed by atoms with Crippen LogP contribution in [0.3, 0.4) is 0 Å². The zero-order valence-corrected chi connectivity index (χ0v) is 11.5. The van der Waals surface area contributed by atoms with E-state index in [-0.39, 0.29) is 0 Å². The molecule has 1 heterocycles. The minimum Gasteiger partial charge on any atom is -0.507 e. The molecule has 1 saturated heterocycles. The van der Waals surface area contributed by atoms with E-state index in [1.807, 2.05) is 48.5 Å². The number of aromatic hydroxyl groups is 1. The summed E-state index contributed by atoms with van der Waals surface area (Å²) in [5, 5.41) is 10.5. The average molecular weight is 269 g/mol. The third-order valence-electron chi connectivity index (χ3n) is 3.70. The van der Waals surface area contributed by atoms with Crippen LogP contribution in [0.5, 0.6) is 5.75 Å². The first-order valence-electron chi connectivity index (χ1n) is 7.01. The van der Waals surface area contributed by atoms with Gasteiger partial charge in [-0.2, -0.15) is 0 Å². The fraction of sp³-hybridized carbons (Fsp3) is 0.294. The smallest absolute Gasteiger partial charge is 0.127 e. The van der Waals surface area contributed by atoms with E-state index < -0.39 is 0 Å². The van der Waals surface area contributed by atoms with Gasteiger partial charge in [-0.25, -0.2) is 0 Å². The molecule has 0 aliphatic carbocycles. The first-order valence-corrected chi connectivity index (χ1v) is 7.01. The predicted octanol–water partition coefficient (Wildman–Crippen LogP) is 2.89. The molecule has 0 bridgehead atoms. The summed E-state index contributed by atoms with van der Waals surface area (Å²) in [7, 11) is 0. The summed E-state index contributed by atoms with van der Waals surface area (Å²) < 4.78 is 5.36. The Balaban J connectivity index is 1.85. The highest BCUT2D eigenvalue weighted by Crippen LogP contribution is 2.32. The Hall–Kier alpha value is -1.84. The lowest BCUT2D eigenvalue weighted by molar-refractivity contribution is 0.0339. The molecule has 2 aromatic carbocycles. The van der Waals surface area contributed by atoms with Crippen molar-refractivity contribution < 1.29 is 9.84 Å². The largest absolute Gasteiger partial charge is 0.507 e. The van der Waals surface area contributed by atoms with Gasteiger partial charge in [-0.15, -0.1) is 0 Å². The number of hydrogen-bond acceptors (Lipinski definition) is 3. The number of benzene rings is 2. The fourth-order valence-electron chi connectivity index (χ4n) is 2.57. The lowest BCUT2D eigenvalue weighted by atomic mass is 10.0. The molecule has 0 amide bonds. The zero-order valence-electron chi connectivity index (χ0n) is 11.5. The molecule has 0 atom stereocenters. The van der Waals surface area contributed by atoms with E-state index in [2.05, 4.69) is 4.90 Å². The van der Waals surface area contributed by atoms with Crippen molar-refractivity contribution in [3.63, 3.8) is 0 Å². The van der Waals surface area contributed by atoms with Crippen molar-refractivity contribution in [3.8, 4) is 16.9 Å². The van der Waals surface area contributed by atoms with Crippen molar-refractivity contribution in [3.05, 3.63) is 54.1 Å².